The minimum absolute atomic E-state index is 0.157. The van der Waals surface area contributed by atoms with Crippen molar-refractivity contribution in [1.82, 2.24) is 20.5 Å². The van der Waals surface area contributed by atoms with Crippen LogP contribution >= 0.6 is 0 Å². The van der Waals surface area contributed by atoms with Crippen LogP contribution in [0.2, 0.25) is 0 Å². The van der Waals surface area contributed by atoms with Gasteiger partial charge in [-0.15, -0.1) is 0 Å². The second kappa shape index (κ2) is 8.70. The SMILES string of the molecule is CN[C@H](C(=O)N1C[C@H](O)C[C@H]1C(=O)NCc1ccc2c(C)nccc2c1)C(C)(C)C. The van der Waals surface area contributed by atoms with Gasteiger partial charge in [-0.05, 0) is 42.5 Å². The number of fused-ring (bicyclic) bond motifs is 1. The van der Waals surface area contributed by atoms with Crippen LogP contribution in [0.4, 0.5) is 0 Å². The van der Waals surface area contributed by atoms with Gasteiger partial charge in [-0.2, -0.15) is 0 Å². The van der Waals surface area contributed by atoms with Gasteiger partial charge >= 0.3 is 0 Å². The van der Waals surface area contributed by atoms with E-state index in [2.05, 4.69) is 15.6 Å². The summed E-state index contributed by atoms with van der Waals surface area (Å²) in [5.74, 6) is -0.398. The van der Waals surface area contributed by atoms with Crippen molar-refractivity contribution in [2.45, 2.75) is 58.8 Å². The number of β-amino-alcohol motifs (C(OH)–C–C–N with tert-alkyl or cyclic N) is 1. The highest BCUT2D eigenvalue weighted by Gasteiger charge is 2.43. The van der Waals surface area contributed by atoms with Crippen LogP contribution in [0.3, 0.4) is 0 Å². The lowest BCUT2D eigenvalue weighted by Gasteiger charge is -2.34. The fourth-order valence-electron chi connectivity index (χ4n) is 4.19. The fraction of sp³-hybridized carbons (Fsp3) is 0.522. The van der Waals surface area contributed by atoms with Gasteiger partial charge in [-0.3, -0.25) is 14.6 Å². The van der Waals surface area contributed by atoms with Crippen LogP contribution in [0.1, 0.15) is 38.4 Å². The first-order valence-corrected chi connectivity index (χ1v) is 10.4. The van der Waals surface area contributed by atoms with Gasteiger partial charge in [-0.25, -0.2) is 0 Å². The largest absolute Gasteiger partial charge is 0.391 e. The second-order valence-electron chi connectivity index (χ2n) is 9.15. The molecule has 0 aliphatic carbocycles. The molecule has 7 heteroatoms. The van der Waals surface area contributed by atoms with Crippen molar-refractivity contribution >= 4 is 22.6 Å². The average Bonchev–Trinajstić information content (AvgIpc) is 3.07. The number of aryl methyl sites for hydroxylation is 1. The Morgan fingerprint density at radius 1 is 1.30 bits per heavy atom. The highest BCUT2D eigenvalue weighted by molar-refractivity contribution is 5.91. The van der Waals surface area contributed by atoms with E-state index in [1.807, 2.05) is 52.0 Å². The normalized spacial score (nSPS) is 20.4. The van der Waals surface area contributed by atoms with E-state index in [0.717, 1.165) is 22.0 Å². The van der Waals surface area contributed by atoms with Gasteiger partial charge in [0.25, 0.3) is 0 Å². The number of benzene rings is 1. The standard InChI is InChI=1S/C23H32N4O3/c1-14-18-7-6-15(10-16(18)8-9-25-14)12-26-21(29)19-11-17(28)13-27(19)22(30)20(24-5)23(2,3)4/h6-10,17,19-20,24,28H,11-13H2,1-5H3,(H,26,29)/t17-,19+,20-/m1/s1. The summed E-state index contributed by atoms with van der Waals surface area (Å²) in [5, 5.41) is 18.3. The highest BCUT2D eigenvalue weighted by Crippen LogP contribution is 2.26. The van der Waals surface area contributed by atoms with Gasteiger partial charge in [0.2, 0.25) is 11.8 Å². The van der Waals surface area contributed by atoms with Crippen molar-refractivity contribution < 1.29 is 14.7 Å². The number of pyridine rings is 1. The minimum atomic E-state index is -0.696. The van der Waals surface area contributed by atoms with E-state index in [-0.39, 0.29) is 30.2 Å². The van der Waals surface area contributed by atoms with Crippen molar-refractivity contribution in [3.63, 3.8) is 0 Å². The van der Waals surface area contributed by atoms with Crippen molar-refractivity contribution in [2.24, 2.45) is 5.41 Å². The Morgan fingerprint density at radius 3 is 2.70 bits per heavy atom. The van der Waals surface area contributed by atoms with Gasteiger partial charge in [-0.1, -0.05) is 32.9 Å². The lowest BCUT2D eigenvalue weighted by Crippen LogP contribution is -2.55. The van der Waals surface area contributed by atoms with Gasteiger partial charge in [0, 0.05) is 36.8 Å². The molecular weight excluding hydrogens is 380 g/mol. The summed E-state index contributed by atoms with van der Waals surface area (Å²) >= 11 is 0. The summed E-state index contributed by atoms with van der Waals surface area (Å²) in [7, 11) is 1.74. The van der Waals surface area contributed by atoms with Crippen molar-refractivity contribution in [1.29, 1.82) is 0 Å². The molecule has 0 bridgehead atoms. The minimum Gasteiger partial charge on any atom is -0.391 e. The number of amides is 2. The molecule has 1 fully saturated rings. The lowest BCUT2D eigenvalue weighted by molar-refractivity contribution is -0.142. The fourth-order valence-corrected chi connectivity index (χ4v) is 4.19. The number of aromatic nitrogens is 1. The molecule has 1 aliphatic heterocycles. The number of aliphatic hydroxyl groups excluding tert-OH is 1. The Morgan fingerprint density at radius 2 is 2.03 bits per heavy atom. The third kappa shape index (κ3) is 4.63. The van der Waals surface area contributed by atoms with Crippen LogP contribution in [0.15, 0.2) is 30.5 Å². The molecule has 0 radical (unpaired) electrons. The van der Waals surface area contributed by atoms with Gasteiger partial charge in [0.15, 0.2) is 0 Å². The number of likely N-dealkylation sites (tertiary alicyclic amines) is 1. The average molecular weight is 413 g/mol. The number of nitrogens with zero attached hydrogens (tertiary/aromatic N) is 2. The van der Waals surface area contributed by atoms with Crippen LogP contribution in [-0.2, 0) is 16.1 Å². The van der Waals surface area contributed by atoms with Crippen LogP contribution in [0.25, 0.3) is 10.8 Å². The number of hydrogen-bond donors (Lipinski definition) is 3. The van der Waals surface area contributed by atoms with Crippen molar-refractivity contribution in [3.05, 3.63) is 41.7 Å². The molecule has 3 N–H and O–H groups in total. The molecule has 1 saturated heterocycles. The molecule has 162 valence electrons. The van der Waals surface area contributed by atoms with E-state index in [0.29, 0.717) is 6.54 Å². The highest BCUT2D eigenvalue weighted by atomic mass is 16.3. The third-order valence-corrected chi connectivity index (χ3v) is 5.76. The van der Waals surface area contributed by atoms with Crippen LogP contribution in [0.5, 0.6) is 0 Å². The maximum Gasteiger partial charge on any atom is 0.243 e. The molecule has 0 spiro atoms. The number of carbonyl (C=O) groups is 2. The first-order valence-electron chi connectivity index (χ1n) is 10.4. The van der Waals surface area contributed by atoms with E-state index < -0.39 is 18.2 Å². The number of aliphatic hydroxyl groups is 1. The van der Waals surface area contributed by atoms with E-state index in [4.69, 9.17) is 0 Å². The summed E-state index contributed by atoms with van der Waals surface area (Å²) in [6, 6.07) is 6.86. The summed E-state index contributed by atoms with van der Waals surface area (Å²) in [6.45, 7) is 8.43. The van der Waals surface area contributed by atoms with E-state index in [1.54, 1.807) is 13.2 Å². The van der Waals surface area contributed by atoms with E-state index >= 15 is 0 Å². The molecular formula is C23H32N4O3. The first-order chi connectivity index (χ1) is 14.1. The van der Waals surface area contributed by atoms with Crippen LogP contribution in [-0.4, -0.2) is 58.6 Å². The molecule has 2 amide bonds. The monoisotopic (exact) mass is 412 g/mol. The molecule has 1 aliphatic rings. The predicted molar refractivity (Wildman–Crippen MR) is 117 cm³/mol. The topological polar surface area (TPSA) is 94.6 Å². The number of hydrogen-bond acceptors (Lipinski definition) is 5. The zero-order valence-corrected chi connectivity index (χ0v) is 18.4. The van der Waals surface area contributed by atoms with Gasteiger partial charge in [0.05, 0.1) is 12.1 Å². The first kappa shape index (κ1) is 22.2. The summed E-state index contributed by atoms with van der Waals surface area (Å²) < 4.78 is 0. The summed E-state index contributed by atoms with van der Waals surface area (Å²) in [5.41, 5.74) is 1.63. The smallest absolute Gasteiger partial charge is 0.243 e. The lowest BCUT2D eigenvalue weighted by atomic mass is 9.86. The van der Waals surface area contributed by atoms with Crippen molar-refractivity contribution in [3.8, 4) is 0 Å². The summed E-state index contributed by atoms with van der Waals surface area (Å²) in [4.78, 5) is 31.8. The van der Waals surface area contributed by atoms with Crippen LogP contribution in [0, 0.1) is 12.3 Å². The molecule has 2 heterocycles. The molecule has 1 aromatic heterocycles. The molecule has 3 rings (SSSR count). The van der Waals surface area contributed by atoms with E-state index in [9.17, 15) is 14.7 Å². The molecule has 1 aromatic carbocycles. The van der Waals surface area contributed by atoms with Crippen molar-refractivity contribution in [2.75, 3.05) is 13.6 Å². The van der Waals surface area contributed by atoms with Crippen LogP contribution < -0.4 is 10.6 Å². The Labute approximate surface area is 177 Å². The second-order valence-corrected chi connectivity index (χ2v) is 9.15. The number of rotatable bonds is 5. The summed E-state index contributed by atoms with van der Waals surface area (Å²) in [6.07, 6.45) is 1.33. The Bertz CT molecular complexity index is 938. The Hall–Kier alpha value is -2.51. The zero-order chi connectivity index (χ0) is 22.1. The van der Waals surface area contributed by atoms with Gasteiger partial charge in [0.1, 0.15) is 6.04 Å². The number of carbonyl (C=O) groups excluding carboxylic acids is 2. The molecule has 2 aromatic rings. The number of nitrogens with one attached hydrogen (secondary N) is 2. The molecule has 3 atom stereocenters. The molecule has 0 saturated carbocycles. The van der Waals surface area contributed by atoms with E-state index in [1.165, 1.54) is 4.90 Å². The Kier molecular flexibility index (Phi) is 6.43. The van der Waals surface area contributed by atoms with Gasteiger partial charge < -0.3 is 20.6 Å². The Balaban J connectivity index is 1.71. The molecule has 0 unspecified atom stereocenters. The molecule has 7 nitrogen and oxygen atoms in total. The third-order valence-electron chi connectivity index (χ3n) is 5.76. The predicted octanol–water partition coefficient (Wildman–Crippen LogP) is 1.76. The maximum atomic E-state index is 13.1. The quantitative estimate of drug-likeness (QED) is 0.696. The zero-order valence-electron chi connectivity index (χ0n) is 18.4. The number of likely N-dealkylation sites (N-methyl/N-ethyl adjacent to an activating group) is 1. The molecule has 30 heavy (non-hydrogen) atoms. The maximum absolute atomic E-state index is 13.1.